The van der Waals surface area contributed by atoms with Crippen molar-refractivity contribution in [2.75, 3.05) is 0 Å². The molecule has 0 aliphatic rings. The van der Waals surface area contributed by atoms with Gasteiger partial charge in [0.2, 0.25) is 0 Å². The number of halogens is 1. The Bertz CT molecular complexity index is 984. The Morgan fingerprint density at radius 3 is 2.83 bits per heavy atom. The number of para-hydroxylation sites is 1. The summed E-state index contributed by atoms with van der Waals surface area (Å²) in [5.74, 6) is 0.496. The number of benzene rings is 2. The van der Waals surface area contributed by atoms with Crippen molar-refractivity contribution in [1.29, 1.82) is 0 Å². The molecule has 0 bridgehead atoms. The summed E-state index contributed by atoms with van der Waals surface area (Å²) < 4.78 is 13.5. The minimum atomic E-state index is -0.253. The van der Waals surface area contributed by atoms with E-state index in [1.54, 1.807) is 6.07 Å². The van der Waals surface area contributed by atoms with Gasteiger partial charge in [-0.25, -0.2) is 9.37 Å². The molecule has 0 spiro atoms. The van der Waals surface area contributed by atoms with Gasteiger partial charge in [0, 0.05) is 11.1 Å². The van der Waals surface area contributed by atoms with Crippen molar-refractivity contribution in [2.45, 2.75) is 13.3 Å². The molecule has 0 atom stereocenters. The van der Waals surface area contributed by atoms with Gasteiger partial charge in [-0.15, -0.1) is 0 Å². The van der Waals surface area contributed by atoms with Gasteiger partial charge in [-0.05, 0) is 30.2 Å². The topological polar surface area (TPSA) is 57.4 Å². The highest BCUT2D eigenvalue weighted by molar-refractivity contribution is 5.93. The first-order valence-corrected chi connectivity index (χ1v) is 7.53. The van der Waals surface area contributed by atoms with E-state index in [2.05, 4.69) is 22.1 Å². The van der Waals surface area contributed by atoms with Crippen LogP contribution in [-0.2, 0) is 6.42 Å². The highest BCUT2D eigenvalue weighted by Gasteiger charge is 2.14. The Hall–Kier alpha value is -2.95. The lowest BCUT2D eigenvalue weighted by molar-refractivity contribution is 0.628. The number of rotatable bonds is 3. The van der Waals surface area contributed by atoms with Gasteiger partial charge in [0.05, 0.1) is 17.2 Å². The molecular weight excluding hydrogens is 291 g/mol. The summed E-state index contributed by atoms with van der Waals surface area (Å²) >= 11 is 0. The van der Waals surface area contributed by atoms with Crippen molar-refractivity contribution in [3.8, 4) is 22.6 Å². The van der Waals surface area contributed by atoms with E-state index in [4.69, 9.17) is 4.98 Å². The monoisotopic (exact) mass is 306 g/mol. The van der Waals surface area contributed by atoms with Crippen LogP contribution in [0.1, 0.15) is 12.5 Å². The fourth-order valence-corrected chi connectivity index (χ4v) is 2.82. The van der Waals surface area contributed by atoms with Crippen molar-refractivity contribution >= 4 is 11.0 Å². The Balaban J connectivity index is 1.91. The fraction of sp³-hybridized carbons (Fsp3) is 0.111. The number of imidazole rings is 1. The van der Waals surface area contributed by atoms with Crippen molar-refractivity contribution < 1.29 is 4.39 Å². The minimum Gasteiger partial charge on any atom is -0.337 e. The molecule has 2 N–H and O–H groups in total. The number of H-pyrrole nitrogens is 2. The first-order valence-electron chi connectivity index (χ1n) is 7.53. The average molecular weight is 306 g/mol. The van der Waals surface area contributed by atoms with E-state index in [1.165, 1.54) is 12.1 Å². The maximum atomic E-state index is 13.5. The van der Waals surface area contributed by atoms with Gasteiger partial charge >= 0.3 is 0 Å². The second-order valence-corrected chi connectivity index (χ2v) is 5.42. The van der Waals surface area contributed by atoms with Crippen LogP contribution in [0.3, 0.4) is 0 Å². The normalized spacial score (nSPS) is 11.2. The summed E-state index contributed by atoms with van der Waals surface area (Å²) in [6, 6.07) is 12.4. The molecule has 2 aromatic heterocycles. The molecule has 0 amide bonds. The summed E-state index contributed by atoms with van der Waals surface area (Å²) in [6.45, 7) is 2.08. The zero-order chi connectivity index (χ0) is 15.8. The van der Waals surface area contributed by atoms with E-state index < -0.39 is 0 Å². The van der Waals surface area contributed by atoms with Crippen molar-refractivity contribution in [3.05, 3.63) is 60.0 Å². The number of hydrogen-bond donors (Lipinski definition) is 2. The molecule has 0 unspecified atom stereocenters. The third-order valence-corrected chi connectivity index (χ3v) is 3.98. The van der Waals surface area contributed by atoms with Crippen LogP contribution in [-0.4, -0.2) is 20.2 Å². The second kappa shape index (κ2) is 5.35. The molecule has 4 nitrogen and oxygen atoms in total. The highest BCUT2D eigenvalue weighted by atomic mass is 19.1. The first kappa shape index (κ1) is 13.7. The lowest BCUT2D eigenvalue weighted by atomic mass is 10.0. The number of hydrogen-bond acceptors (Lipinski definition) is 2. The molecule has 23 heavy (non-hydrogen) atoms. The Morgan fingerprint density at radius 2 is 2.00 bits per heavy atom. The molecule has 0 fully saturated rings. The quantitative estimate of drug-likeness (QED) is 0.592. The van der Waals surface area contributed by atoms with Crippen LogP contribution < -0.4 is 0 Å². The van der Waals surface area contributed by atoms with Crippen LogP contribution in [0, 0.1) is 5.82 Å². The van der Waals surface area contributed by atoms with E-state index in [0.717, 1.165) is 45.7 Å². The standard InChI is InChI=1S/C18H15FN4/c1-2-11-10-20-23-16(11)18-21-15-8-4-7-14(17(15)22-18)12-5-3-6-13(19)9-12/h3-10H,2H2,1H3,(H,20,23)(H,21,22). The highest BCUT2D eigenvalue weighted by Crippen LogP contribution is 2.30. The summed E-state index contributed by atoms with van der Waals surface area (Å²) in [5, 5.41) is 7.10. The van der Waals surface area contributed by atoms with Gasteiger partial charge in [0.25, 0.3) is 0 Å². The molecule has 0 saturated carbocycles. The molecule has 0 saturated heterocycles. The van der Waals surface area contributed by atoms with E-state index in [9.17, 15) is 4.39 Å². The van der Waals surface area contributed by atoms with E-state index in [-0.39, 0.29) is 5.82 Å². The molecule has 2 heterocycles. The van der Waals surface area contributed by atoms with Crippen LogP contribution in [0.4, 0.5) is 4.39 Å². The lowest BCUT2D eigenvalue weighted by Crippen LogP contribution is -1.86. The van der Waals surface area contributed by atoms with Gasteiger partial charge < -0.3 is 4.98 Å². The predicted octanol–water partition coefficient (Wildman–Crippen LogP) is 4.32. The molecular formula is C18H15FN4. The average Bonchev–Trinajstić information content (AvgIpc) is 3.20. The van der Waals surface area contributed by atoms with Crippen molar-refractivity contribution in [2.24, 2.45) is 0 Å². The maximum Gasteiger partial charge on any atom is 0.156 e. The molecule has 2 aromatic carbocycles. The number of nitrogens with zero attached hydrogens (tertiary/aromatic N) is 2. The third-order valence-electron chi connectivity index (χ3n) is 3.98. The van der Waals surface area contributed by atoms with Gasteiger partial charge in [0.15, 0.2) is 5.82 Å². The van der Waals surface area contributed by atoms with Crippen LogP contribution in [0.2, 0.25) is 0 Å². The predicted molar refractivity (Wildman–Crippen MR) is 88.4 cm³/mol. The van der Waals surface area contributed by atoms with Gasteiger partial charge in [-0.1, -0.05) is 31.2 Å². The maximum absolute atomic E-state index is 13.5. The van der Waals surface area contributed by atoms with Crippen LogP contribution in [0.15, 0.2) is 48.7 Å². The number of nitrogens with one attached hydrogen (secondary N) is 2. The van der Waals surface area contributed by atoms with Gasteiger partial charge in [0.1, 0.15) is 11.5 Å². The molecule has 4 rings (SSSR count). The van der Waals surface area contributed by atoms with Crippen LogP contribution in [0.5, 0.6) is 0 Å². The molecule has 5 heteroatoms. The number of fused-ring (bicyclic) bond motifs is 1. The number of aryl methyl sites for hydroxylation is 1. The second-order valence-electron chi connectivity index (χ2n) is 5.42. The number of aromatic nitrogens is 4. The number of aromatic amines is 2. The van der Waals surface area contributed by atoms with E-state index in [1.807, 2.05) is 30.5 Å². The summed E-state index contributed by atoms with van der Waals surface area (Å²) in [7, 11) is 0. The minimum absolute atomic E-state index is 0.253. The molecule has 4 aromatic rings. The van der Waals surface area contributed by atoms with Crippen LogP contribution in [0.25, 0.3) is 33.7 Å². The zero-order valence-electron chi connectivity index (χ0n) is 12.6. The Morgan fingerprint density at radius 1 is 1.13 bits per heavy atom. The fourth-order valence-electron chi connectivity index (χ4n) is 2.82. The first-order chi connectivity index (χ1) is 11.3. The molecule has 114 valence electrons. The SMILES string of the molecule is CCc1cn[nH]c1-c1nc2c(-c3cccc(F)c3)cccc2[nH]1. The summed E-state index contributed by atoms with van der Waals surface area (Å²) in [4.78, 5) is 8.04. The van der Waals surface area contributed by atoms with Gasteiger partial charge in [-0.2, -0.15) is 5.10 Å². The largest absolute Gasteiger partial charge is 0.337 e. The van der Waals surface area contributed by atoms with Crippen molar-refractivity contribution in [1.82, 2.24) is 20.2 Å². The smallest absolute Gasteiger partial charge is 0.156 e. The zero-order valence-corrected chi connectivity index (χ0v) is 12.6. The third kappa shape index (κ3) is 2.30. The van der Waals surface area contributed by atoms with E-state index in [0.29, 0.717) is 0 Å². The molecule has 0 aliphatic heterocycles. The van der Waals surface area contributed by atoms with Crippen LogP contribution >= 0.6 is 0 Å². The lowest BCUT2D eigenvalue weighted by Gasteiger charge is -2.02. The molecule has 0 radical (unpaired) electrons. The van der Waals surface area contributed by atoms with Gasteiger partial charge in [-0.3, -0.25) is 5.10 Å². The van der Waals surface area contributed by atoms with Crippen molar-refractivity contribution in [3.63, 3.8) is 0 Å². The van der Waals surface area contributed by atoms with E-state index >= 15 is 0 Å². The Kier molecular flexibility index (Phi) is 3.19. The Labute approximate surface area is 132 Å². The summed E-state index contributed by atoms with van der Waals surface area (Å²) in [5.41, 5.74) is 5.46. The summed E-state index contributed by atoms with van der Waals surface area (Å²) in [6.07, 6.45) is 2.69. The molecule has 0 aliphatic carbocycles.